The number of nitrogens with one attached hydrogen (secondary N) is 1. The van der Waals surface area contributed by atoms with Crippen molar-refractivity contribution in [3.63, 3.8) is 0 Å². The smallest absolute Gasteiger partial charge is 0.329 e. The number of carbonyl (C=O) groups excluding carboxylic acids is 1. The van der Waals surface area contributed by atoms with Crippen LogP contribution in [-0.4, -0.2) is 28.7 Å². The normalized spacial score (nSPS) is 17.2. The first kappa shape index (κ1) is 12.1. The van der Waals surface area contributed by atoms with Gasteiger partial charge in [-0.25, -0.2) is 9.78 Å². The molecule has 1 fully saturated rings. The Balaban J connectivity index is 2.23. The van der Waals surface area contributed by atoms with E-state index in [1.807, 2.05) is 4.57 Å². The summed E-state index contributed by atoms with van der Waals surface area (Å²) in [5.74, 6) is -0.251. The van der Waals surface area contributed by atoms with Crippen molar-refractivity contribution in [2.24, 2.45) is 0 Å². The number of methoxy groups -OCH3 is 1. The molecule has 1 aromatic heterocycles. The molecule has 1 aliphatic carbocycles. The van der Waals surface area contributed by atoms with Gasteiger partial charge in [-0.05, 0) is 26.7 Å². The van der Waals surface area contributed by atoms with Crippen LogP contribution < -0.4 is 5.32 Å². The lowest BCUT2D eigenvalue weighted by Gasteiger charge is -2.19. The zero-order chi connectivity index (χ0) is 12.4. The van der Waals surface area contributed by atoms with Crippen LogP contribution in [0.4, 0.5) is 0 Å². The summed E-state index contributed by atoms with van der Waals surface area (Å²) in [6.07, 6.45) is 5.74. The quantitative estimate of drug-likeness (QED) is 0.787. The number of imidazole rings is 1. The lowest BCUT2D eigenvalue weighted by molar-refractivity contribution is -0.143. The molecule has 0 spiro atoms. The van der Waals surface area contributed by atoms with Gasteiger partial charge in [0.15, 0.2) is 0 Å². The summed E-state index contributed by atoms with van der Waals surface area (Å²) >= 11 is 0. The van der Waals surface area contributed by atoms with Crippen LogP contribution in [0, 0.1) is 0 Å². The lowest BCUT2D eigenvalue weighted by Crippen LogP contribution is -2.33. The molecule has 1 aliphatic rings. The van der Waals surface area contributed by atoms with Gasteiger partial charge in [-0.15, -0.1) is 0 Å². The van der Waals surface area contributed by atoms with E-state index in [-0.39, 0.29) is 12.0 Å². The van der Waals surface area contributed by atoms with Crippen molar-refractivity contribution < 1.29 is 9.53 Å². The molecule has 0 amide bonds. The number of hydrogen-bond acceptors (Lipinski definition) is 4. The third-order valence-corrected chi connectivity index (χ3v) is 2.96. The predicted molar refractivity (Wildman–Crippen MR) is 63.5 cm³/mol. The fourth-order valence-electron chi connectivity index (χ4n) is 1.85. The standard InChI is InChI=1S/C12H19N3O2/c1-8(2)15-7-13-6-10(15)11(12(16)17-3)14-9-4-5-9/h6-9,11,14H,4-5H2,1-3H3. The van der Waals surface area contributed by atoms with Gasteiger partial charge in [-0.2, -0.15) is 0 Å². The zero-order valence-electron chi connectivity index (χ0n) is 10.5. The van der Waals surface area contributed by atoms with Crippen molar-refractivity contribution in [2.45, 2.75) is 44.8 Å². The van der Waals surface area contributed by atoms with Crippen molar-refractivity contribution in [3.8, 4) is 0 Å². The SMILES string of the molecule is COC(=O)C(NC1CC1)c1cncn1C(C)C. The molecule has 17 heavy (non-hydrogen) atoms. The van der Waals surface area contributed by atoms with E-state index in [1.165, 1.54) is 7.11 Å². The van der Waals surface area contributed by atoms with E-state index in [1.54, 1.807) is 12.5 Å². The Morgan fingerprint density at radius 1 is 1.59 bits per heavy atom. The third-order valence-electron chi connectivity index (χ3n) is 2.96. The maximum Gasteiger partial charge on any atom is 0.329 e. The summed E-state index contributed by atoms with van der Waals surface area (Å²) in [7, 11) is 1.42. The topological polar surface area (TPSA) is 56.1 Å². The number of esters is 1. The molecule has 1 aromatic rings. The Bertz CT molecular complexity index is 396. The van der Waals surface area contributed by atoms with Gasteiger partial charge in [0.05, 0.1) is 25.3 Å². The Hall–Kier alpha value is -1.36. The van der Waals surface area contributed by atoms with Crippen molar-refractivity contribution in [1.29, 1.82) is 0 Å². The Morgan fingerprint density at radius 2 is 2.29 bits per heavy atom. The van der Waals surface area contributed by atoms with Crippen molar-refractivity contribution in [2.75, 3.05) is 7.11 Å². The van der Waals surface area contributed by atoms with E-state index in [9.17, 15) is 4.79 Å². The van der Waals surface area contributed by atoms with E-state index in [0.29, 0.717) is 6.04 Å². The molecule has 1 unspecified atom stereocenters. The third kappa shape index (κ3) is 2.66. The summed E-state index contributed by atoms with van der Waals surface area (Å²) in [4.78, 5) is 15.9. The Morgan fingerprint density at radius 3 is 2.82 bits per heavy atom. The minimum atomic E-state index is -0.405. The van der Waals surface area contributed by atoms with E-state index in [0.717, 1.165) is 18.5 Å². The second-order valence-corrected chi connectivity index (χ2v) is 4.72. The monoisotopic (exact) mass is 237 g/mol. The van der Waals surface area contributed by atoms with Crippen LogP contribution in [0.15, 0.2) is 12.5 Å². The van der Waals surface area contributed by atoms with Gasteiger partial charge in [0.25, 0.3) is 0 Å². The first-order valence-corrected chi connectivity index (χ1v) is 5.99. The summed E-state index contributed by atoms with van der Waals surface area (Å²) in [6, 6.07) is 0.313. The molecule has 5 nitrogen and oxygen atoms in total. The number of aromatic nitrogens is 2. The molecule has 5 heteroatoms. The fourth-order valence-corrected chi connectivity index (χ4v) is 1.85. The second-order valence-electron chi connectivity index (χ2n) is 4.72. The van der Waals surface area contributed by atoms with Crippen LogP contribution in [0.25, 0.3) is 0 Å². The molecule has 2 rings (SSSR count). The fraction of sp³-hybridized carbons (Fsp3) is 0.667. The maximum atomic E-state index is 11.8. The number of hydrogen-bond donors (Lipinski definition) is 1. The van der Waals surface area contributed by atoms with E-state index in [2.05, 4.69) is 24.1 Å². The van der Waals surface area contributed by atoms with Crippen LogP contribution in [-0.2, 0) is 9.53 Å². The molecule has 0 radical (unpaired) electrons. The highest BCUT2D eigenvalue weighted by Crippen LogP contribution is 2.26. The molecule has 1 atom stereocenters. The summed E-state index contributed by atoms with van der Waals surface area (Å²) < 4.78 is 6.85. The summed E-state index contributed by atoms with van der Waals surface area (Å²) in [5, 5.41) is 3.30. The molecule has 1 saturated carbocycles. The van der Waals surface area contributed by atoms with Gasteiger partial charge in [0.2, 0.25) is 0 Å². The van der Waals surface area contributed by atoms with Crippen molar-refractivity contribution >= 4 is 5.97 Å². The number of carbonyl (C=O) groups is 1. The van der Waals surface area contributed by atoms with Crippen molar-refractivity contribution in [1.82, 2.24) is 14.9 Å². The molecule has 0 aromatic carbocycles. The highest BCUT2D eigenvalue weighted by molar-refractivity contribution is 5.77. The molecule has 1 N–H and O–H groups in total. The molecule has 0 saturated heterocycles. The molecule has 94 valence electrons. The van der Waals surface area contributed by atoms with Crippen LogP contribution in [0.3, 0.4) is 0 Å². The number of rotatable bonds is 5. The van der Waals surface area contributed by atoms with Crippen molar-refractivity contribution in [3.05, 3.63) is 18.2 Å². The highest BCUT2D eigenvalue weighted by Gasteiger charge is 2.32. The first-order valence-electron chi connectivity index (χ1n) is 5.99. The number of nitrogens with zero attached hydrogens (tertiary/aromatic N) is 2. The largest absolute Gasteiger partial charge is 0.468 e. The minimum Gasteiger partial charge on any atom is -0.468 e. The maximum absolute atomic E-state index is 11.8. The van der Waals surface area contributed by atoms with Gasteiger partial charge in [0.1, 0.15) is 6.04 Å². The predicted octanol–water partition coefficient (Wildman–Crippen LogP) is 1.43. The van der Waals surface area contributed by atoms with E-state index >= 15 is 0 Å². The van der Waals surface area contributed by atoms with Gasteiger partial charge >= 0.3 is 5.97 Å². The van der Waals surface area contributed by atoms with Crippen LogP contribution in [0.2, 0.25) is 0 Å². The average molecular weight is 237 g/mol. The van der Waals surface area contributed by atoms with Crippen LogP contribution in [0.5, 0.6) is 0 Å². The minimum absolute atomic E-state index is 0.251. The van der Waals surface area contributed by atoms with Crippen LogP contribution in [0.1, 0.15) is 44.5 Å². The molecule has 0 aliphatic heterocycles. The Kier molecular flexibility index (Phi) is 3.47. The number of ether oxygens (including phenoxy) is 1. The summed E-state index contributed by atoms with van der Waals surface area (Å²) in [5.41, 5.74) is 0.874. The van der Waals surface area contributed by atoms with Gasteiger partial charge < -0.3 is 9.30 Å². The lowest BCUT2D eigenvalue weighted by atomic mass is 10.2. The summed E-state index contributed by atoms with van der Waals surface area (Å²) in [6.45, 7) is 4.13. The Labute approximate surface area is 101 Å². The molecule has 0 bridgehead atoms. The molecule has 1 heterocycles. The highest BCUT2D eigenvalue weighted by atomic mass is 16.5. The zero-order valence-corrected chi connectivity index (χ0v) is 10.5. The average Bonchev–Trinajstić information content (AvgIpc) is 2.99. The molecular weight excluding hydrogens is 218 g/mol. The van der Waals surface area contributed by atoms with Gasteiger partial charge in [-0.3, -0.25) is 5.32 Å². The van der Waals surface area contributed by atoms with Gasteiger partial charge in [-0.1, -0.05) is 0 Å². The first-order chi connectivity index (χ1) is 8.13. The van der Waals surface area contributed by atoms with Crippen LogP contribution >= 0.6 is 0 Å². The van der Waals surface area contributed by atoms with E-state index in [4.69, 9.17) is 4.74 Å². The van der Waals surface area contributed by atoms with E-state index < -0.39 is 6.04 Å². The molecular formula is C12H19N3O2. The second kappa shape index (κ2) is 4.87. The van der Waals surface area contributed by atoms with Gasteiger partial charge in [0, 0.05) is 12.1 Å².